The van der Waals surface area contributed by atoms with Crippen LogP contribution in [0.4, 0.5) is 0 Å². The van der Waals surface area contributed by atoms with Crippen molar-refractivity contribution in [2.45, 2.75) is 52.6 Å². The van der Waals surface area contributed by atoms with Gasteiger partial charge in [-0.25, -0.2) is 0 Å². The van der Waals surface area contributed by atoms with Crippen molar-refractivity contribution in [1.29, 1.82) is 0 Å². The number of likely N-dealkylation sites (tertiary alicyclic amines) is 1. The van der Waals surface area contributed by atoms with Crippen LogP contribution in [0.1, 0.15) is 49.6 Å². The van der Waals surface area contributed by atoms with E-state index in [-0.39, 0.29) is 23.8 Å². The highest BCUT2D eigenvalue weighted by Crippen LogP contribution is 2.27. The van der Waals surface area contributed by atoms with E-state index < -0.39 is 0 Å². The lowest BCUT2D eigenvalue weighted by Crippen LogP contribution is -2.44. The van der Waals surface area contributed by atoms with E-state index in [1.807, 2.05) is 25.7 Å². The lowest BCUT2D eigenvalue weighted by atomic mass is 9.91. The van der Waals surface area contributed by atoms with Crippen LogP contribution < -0.4 is 0 Å². The Hall–Kier alpha value is -1.36. The molecular formula is C15H24N2O3. The van der Waals surface area contributed by atoms with Crippen molar-refractivity contribution >= 4 is 5.91 Å². The first kappa shape index (κ1) is 15.0. The molecule has 2 rings (SSSR count). The molecule has 1 aromatic heterocycles. The standard InChI is InChI=1S/C15H24N2O3/c1-9(14-10(2)16-20-12(14)4)15(19)17-7-5-6-13(8-17)11(3)18/h9,11,13,18H,5-8H2,1-4H3. The van der Waals surface area contributed by atoms with Crippen LogP contribution in [-0.2, 0) is 4.79 Å². The third kappa shape index (κ3) is 2.87. The second-order valence-electron chi connectivity index (χ2n) is 5.89. The molecule has 1 aromatic rings. The minimum Gasteiger partial charge on any atom is -0.393 e. The molecule has 5 heteroatoms. The van der Waals surface area contributed by atoms with E-state index >= 15 is 0 Å². The number of hydrogen-bond donors (Lipinski definition) is 1. The lowest BCUT2D eigenvalue weighted by Gasteiger charge is -2.35. The van der Waals surface area contributed by atoms with Crippen molar-refractivity contribution in [3.05, 3.63) is 17.0 Å². The minimum atomic E-state index is -0.361. The van der Waals surface area contributed by atoms with Crippen molar-refractivity contribution in [3.63, 3.8) is 0 Å². The molecule has 1 aliphatic heterocycles. The third-order valence-electron chi connectivity index (χ3n) is 4.34. The van der Waals surface area contributed by atoms with E-state index in [9.17, 15) is 9.90 Å². The first-order valence-electron chi connectivity index (χ1n) is 7.31. The van der Waals surface area contributed by atoms with Gasteiger partial charge in [-0.1, -0.05) is 5.16 Å². The highest BCUT2D eigenvalue weighted by molar-refractivity contribution is 5.84. The monoisotopic (exact) mass is 280 g/mol. The molecule has 0 aliphatic carbocycles. The SMILES string of the molecule is Cc1noc(C)c1C(C)C(=O)N1CCCC(C(C)O)C1. The van der Waals surface area contributed by atoms with Crippen molar-refractivity contribution in [1.82, 2.24) is 10.1 Å². The summed E-state index contributed by atoms with van der Waals surface area (Å²) in [6.07, 6.45) is 1.58. The number of aliphatic hydroxyl groups is 1. The Labute approximate surface area is 119 Å². The molecule has 5 nitrogen and oxygen atoms in total. The molecule has 3 atom stereocenters. The van der Waals surface area contributed by atoms with E-state index in [0.717, 1.165) is 30.6 Å². The fourth-order valence-electron chi connectivity index (χ4n) is 3.11. The van der Waals surface area contributed by atoms with Crippen molar-refractivity contribution in [3.8, 4) is 0 Å². The summed E-state index contributed by atoms with van der Waals surface area (Å²) < 4.78 is 5.15. The Morgan fingerprint density at radius 2 is 2.15 bits per heavy atom. The summed E-state index contributed by atoms with van der Waals surface area (Å²) in [5.74, 6) is 0.760. The van der Waals surface area contributed by atoms with Gasteiger partial charge in [0.15, 0.2) is 0 Å². The molecule has 2 heterocycles. The Kier molecular flexibility index (Phi) is 4.48. The van der Waals surface area contributed by atoms with E-state index in [4.69, 9.17) is 4.52 Å². The predicted octanol–water partition coefficient (Wildman–Crippen LogP) is 2.01. The Bertz CT molecular complexity index is 462. The molecule has 1 fully saturated rings. The topological polar surface area (TPSA) is 66.6 Å². The fourth-order valence-corrected chi connectivity index (χ4v) is 3.11. The fraction of sp³-hybridized carbons (Fsp3) is 0.733. The Morgan fingerprint density at radius 1 is 1.45 bits per heavy atom. The number of rotatable bonds is 3. The van der Waals surface area contributed by atoms with Crippen LogP contribution in [0, 0.1) is 19.8 Å². The van der Waals surface area contributed by atoms with Crippen LogP contribution in [0.5, 0.6) is 0 Å². The van der Waals surface area contributed by atoms with Gasteiger partial charge in [-0.15, -0.1) is 0 Å². The summed E-state index contributed by atoms with van der Waals surface area (Å²) in [6.45, 7) is 8.83. The van der Waals surface area contributed by atoms with E-state index in [2.05, 4.69) is 5.16 Å². The van der Waals surface area contributed by atoms with E-state index in [0.29, 0.717) is 12.3 Å². The minimum absolute atomic E-state index is 0.102. The molecule has 0 aromatic carbocycles. The second kappa shape index (κ2) is 5.95. The van der Waals surface area contributed by atoms with Gasteiger partial charge in [-0.2, -0.15) is 0 Å². The summed E-state index contributed by atoms with van der Waals surface area (Å²) in [5.41, 5.74) is 1.68. The smallest absolute Gasteiger partial charge is 0.230 e. The maximum absolute atomic E-state index is 12.6. The number of nitrogens with zero attached hydrogens (tertiary/aromatic N) is 2. The molecule has 3 unspecified atom stereocenters. The van der Waals surface area contributed by atoms with Crippen LogP contribution in [-0.4, -0.2) is 40.3 Å². The molecule has 1 aliphatic rings. The maximum atomic E-state index is 12.6. The number of piperidine rings is 1. The van der Waals surface area contributed by atoms with Gasteiger partial charge in [-0.3, -0.25) is 4.79 Å². The van der Waals surface area contributed by atoms with Crippen molar-refractivity contribution < 1.29 is 14.4 Å². The van der Waals surface area contributed by atoms with Gasteiger partial charge >= 0.3 is 0 Å². The van der Waals surface area contributed by atoms with Crippen LogP contribution in [0.15, 0.2) is 4.52 Å². The first-order chi connectivity index (χ1) is 9.41. The lowest BCUT2D eigenvalue weighted by molar-refractivity contribution is -0.135. The molecule has 1 amide bonds. The van der Waals surface area contributed by atoms with E-state index in [1.165, 1.54) is 0 Å². The summed E-state index contributed by atoms with van der Waals surface area (Å²) in [4.78, 5) is 14.5. The molecule has 20 heavy (non-hydrogen) atoms. The molecule has 0 radical (unpaired) electrons. The average Bonchev–Trinajstić information content (AvgIpc) is 2.76. The number of hydrogen-bond acceptors (Lipinski definition) is 4. The van der Waals surface area contributed by atoms with E-state index in [1.54, 1.807) is 6.92 Å². The number of amides is 1. The van der Waals surface area contributed by atoms with Gasteiger partial charge < -0.3 is 14.5 Å². The van der Waals surface area contributed by atoms with Gasteiger partial charge in [0.2, 0.25) is 5.91 Å². The number of carbonyl (C=O) groups is 1. The van der Waals surface area contributed by atoms with Gasteiger partial charge in [0.1, 0.15) is 5.76 Å². The zero-order valence-corrected chi connectivity index (χ0v) is 12.7. The van der Waals surface area contributed by atoms with Gasteiger partial charge in [-0.05, 0) is 40.5 Å². The average molecular weight is 280 g/mol. The van der Waals surface area contributed by atoms with Crippen molar-refractivity contribution in [2.75, 3.05) is 13.1 Å². The van der Waals surface area contributed by atoms with Gasteiger partial charge in [0.25, 0.3) is 0 Å². The Balaban J connectivity index is 2.11. The van der Waals surface area contributed by atoms with Crippen LogP contribution >= 0.6 is 0 Å². The second-order valence-corrected chi connectivity index (χ2v) is 5.89. The van der Waals surface area contributed by atoms with Gasteiger partial charge in [0.05, 0.1) is 17.7 Å². The Morgan fingerprint density at radius 3 is 2.70 bits per heavy atom. The summed E-state index contributed by atoms with van der Waals surface area (Å²) in [5, 5.41) is 13.6. The molecule has 0 spiro atoms. The van der Waals surface area contributed by atoms with Crippen LogP contribution in [0.25, 0.3) is 0 Å². The molecule has 0 bridgehead atoms. The highest BCUT2D eigenvalue weighted by atomic mass is 16.5. The summed E-state index contributed by atoms with van der Waals surface area (Å²) in [6, 6.07) is 0. The van der Waals surface area contributed by atoms with Gasteiger partial charge in [0, 0.05) is 24.6 Å². The molecule has 112 valence electrons. The normalized spacial score (nSPS) is 22.6. The van der Waals surface area contributed by atoms with Crippen molar-refractivity contribution in [2.24, 2.45) is 5.92 Å². The number of aliphatic hydroxyl groups excluding tert-OH is 1. The highest BCUT2D eigenvalue weighted by Gasteiger charge is 2.31. The molecule has 1 N–H and O–H groups in total. The van der Waals surface area contributed by atoms with Crippen LogP contribution in [0.3, 0.4) is 0 Å². The third-order valence-corrected chi connectivity index (χ3v) is 4.34. The molecule has 1 saturated heterocycles. The molecule has 0 saturated carbocycles. The largest absolute Gasteiger partial charge is 0.393 e. The summed E-state index contributed by atoms with van der Waals surface area (Å²) in [7, 11) is 0. The number of aromatic nitrogens is 1. The number of aryl methyl sites for hydroxylation is 2. The zero-order chi connectivity index (χ0) is 14.9. The first-order valence-corrected chi connectivity index (χ1v) is 7.31. The molecular weight excluding hydrogens is 256 g/mol. The number of carbonyl (C=O) groups excluding carboxylic acids is 1. The maximum Gasteiger partial charge on any atom is 0.230 e. The predicted molar refractivity (Wildman–Crippen MR) is 75.4 cm³/mol. The quantitative estimate of drug-likeness (QED) is 0.919. The summed E-state index contributed by atoms with van der Waals surface area (Å²) >= 11 is 0. The zero-order valence-electron chi connectivity index (χ0n) is 12.7. The van der Waals surface area contributed by atoms with Crippen LogP contribution in [0.2, 0.25) is 0 Å².